The number of likely N-dealkylation sites (N-methyl/N-ethyl adjacent to an activating group) is 1. The summed E-state index contributed by atoms with van der Waals surface area (Å²) >= 11 is 0. The van der Waals surface area contributed by atoms with Crippen molar-refractivity contribution in [3.8, 4) is 0 Å². The maximum atomic E-state index is 12.7. The van der Waals surface area contributed by atoms with Gasteiger partial charge in [-0.3, -0.25) is 9.59 Å². The Bertz CT molecular complexity index is 1050. The second-order valence-electron chi connectivity index (χ2n) is 17.1. The summed E-state index contributed by atoms with van der Waals surface area (Å²) in [4.78, 5) is 36.8. The molecule has 2 atom stereocenters. The Labute approximate surface area is 356 Å². The highest BCUT2D eigenvalue weighted by molar-refractivity contribution is 5.70. The summed E-state index contributed by atoms with van der Waals surface area (Å²) in [6.07, 6.45) is 43.4. The number of unbranched alkanes of at least 4 members (excludes halogenated alkanes) is 22. The molecule has 0 bridgehead atoms. The minimum absolute atomic E-state index is 0.147. The maximum Gasteiger partial charge on any atom is 0.306 e. The van der Waals surface area contributed by atoms with Crippen molar-refractivity contribution >= 4 is 17.9 Å². The first-order valence-corrected chi connectivity index (χ1v) is 23.6. The number of rotatable bonds is 43. The molecule has 0 spiro atoms. The van der Waals surface area contributed by atoms with E-state index in [0.29, 0.717) is 23.9 Å². The van der Waals surface area contributed by atoms with Gasteiger partial charge in [0.05, 0.1) is 40.3 Å². The quantitative estimate of drug-likeness (QED) is 0.0197. The minimum atomic E-state index is -1.62. The number of allylic oxidation sites excluding steroid dienone is 6. The molecule has 0 N–H and O–H groups in total. The largest absolute Gasteiger partial charge is 0.545 e. The maximum absolute atomic E-state index is 12.7. The number of carboxylic acid groups (broad SMARTS) is 1. The molecule has 0 rings (SSSR count). The van der Waals surface area contributed by atoms with Crippen LogP contribution in [0.2, 0.25) is 0 Å². The van der Waals surface area contributed by atoms with E-state index >= 15 is 0 Å². The molecule has 58 heavy (non-hydrogen) atoms. The van der Waals surface area contributed by atoms with Gasteiger partial charge in [-0.15, -0.1) is 0 Å². The van der Waals surface area contributed by atoms with Crippen LogP contribution >= 0.6 is 0 Å². The van der Waals surface area contributed by atoms with Crippen molar-refractivity contribution < 1.29 is 42.9 Å². The predicted octanol–water partition coefficient (Wildman–Crippen LogP) is 11.3. The Kier molecular flexibility index (Phi) is 39.5. The zero-order valence-corrected chi connectivity index (χ0v) is 38.2. The van der Waals surface area contributed by atoms with Crippen molar-refractivity contribution in [2.24, 2.45) is 0 Å². The predicted molar refractivity (Wildman–Crippen MR) is 237 cm³/mol. The molecular formula is C49H89NO8. The van der Waals surface area contributed by atoms with Gasteiger partial charge >= 0.3 is 11.9 Å². The van der Waals surface area contributed by atoms with Crippen molar-refractivity contribution in [3.05, 3.63) is 36.5 Å². The van der Waals surface area contributed by atoms with E-state index in [4.69, 9.17) is 18.9 Å². The summed E-state index contributed by atoms with van der Waals surface area (Å²) in [6.45, 7) is 4.69. The molecule has 0 radical (unpaired) electrons. The number of carbonyl (C=O) groups excluding carboxylic acids is 3. The molecule has 0 aliphatic carbocycles. The summed E-state index contributed by atoms with van der Waals surface area (Å²) in [5.74, 6) is -2.29. The van der Waals surface area contributed by atoms with Crippen molar-refractivity contribution in [1.29, 1.82) is 0 Å². The number of hydrogen-bond acceptors (Lipinski definition) is 8. The van der Waals surface area contributed by atoms with Crippen LogP contribution in [0, 0.1) is 0 Å². The number of carbonyl (C=O) groups is 3. The number of aliphatic carboxylic acids is 1. The molecule has 0 aromatic heterocycles. The highest BCUT2D eigenvalue weighted by Crippen LogP contribution is 2.14. The van der Waals surface area contributed by atoms with Crippen LogP contribution in [0.5, 0.6) is 0 Å². The van der Waals surface area contributed by atoms with E-state index in [-0.39, 0.29) is 32.2 Å². The zero-order valence-electron chi connectivity index (χ0n) is 38.2. The lowest BCUT2D eigenvalue weighted by Gasteiger charge is -2.26. The lowest BCUT2D eigenvalue weighted by atomic mass is 10.0. The SMILES string of the molecule is CCCCCCC/C=C\C/C=C\C/C=C\CCCCCCCCCCCCC(=O)OC(COC(=O)CCCCCCCCCC)COC(OCC[N+](C)(C)C)C(=O)[O-]. The Morgan fingerprint density at radius 3 is 1.38 bits per heavy atom. The van der Waals surface area contributed by atoms with Crippen LogP contribution in [-0.2, 0) is 33.3 Å². The lowest BCUT2D eigenvalue weighted by Crippen LogP contribution is -2.44. The topological polar surface area (TPSA) is 111 Å². The average molecular weight is 820 g/mol. The second-order valence-corrected chi connectivity index (χ2v) is 17.1. The number of nitrogens with zero attached hydrogens (tertiary/aromatic N) is 1. The van der Waals surface area contributed by atoms with Crippen LogP contribution in [0.15, 0.2) is 36.5 Å². The fourth-order valence-electron chi connectivity index (χ4n) is 6.42. The second kappa shape index (κ2) is 41.3. The lowest BCUT2D eigenvalue weighted by molar-refractivity contribution is -0.870. The fourth-order valence-corrected chi connectivity index (χ4v) is 6.42. The highest BCUT2D eigenvalue weighted by atomic mass is 16.7. The zero-order chi connectivity index (χ0) is 42.8. The Morgan fingerprint density at radius 2 is 0.931 bits per heavy atom. The van der Waals surface area contributed by atoms with Gasteiger partial charge in [0.1, 0.15) is 13.2 Å². The van der Waals surface area contributed by atoms with Crippen molar-refractivity contribution in [2.45, 2.75) is 212 Å². The monoisotopic (exact) mass is 820 g/mol. The van der Waals surface area contributed by atoms with Crippen LogP contribution in [0.4, 0.5) is 0 Å². The summed E-state index contributed by atoms with van der Waals surface area (Å²) in [5, 5.41) is 11.7. The fraction of sp³-hybridized carbons (Fsp3) is 0.816. The molecule has 0 saturated heterocycles. The smallest absolute Gasteiger partial charge is 0.306 e. The molecule has 0 fully saturated rings. The summed E-state index contributed by atoms with van der Waals surface area (Å²) in [6, 6.07) is 0. The standard InChI is InChI=1S/C49H89NO8/c1-6-8-10-12-14-16-17-18-19-20-21-22-23-24-25-26-27-28-29-30-31-32-34-36-38-40-47(52)58-45(44-57-49(48(53)54)55-42-41-50(3,4)5)43-56-46(51)39-37-35-33-15-13-11-9-7-2/h17-18,20-21,23-24,45,49H,6-16,19,22,25-44H2,1-5H3/b18-17-,21-20-,24-23-. The normalized spacial score (nSPS) is 13.2. The molecule has 0 aliphatic rings. The van der Waals surface area contributed by atoms with E-state index in [9.17, 15) is 19.5 Å². The van der Waals surface area contributed by atoms with E-state index in [1.54, 1.807) is 0 Å². The molecule has 0 saturated carbocycles. The summed E-state index contributed by atoms with van der Waals surface area (Å²) in [7, 11) is 5.90. The van der Waals surface area contributed by atoms with Gasteiger partial charge in [-0.05, 0) is 51.4 Å². The van der Waals surface area contributed by atoms with E-state index in [1.807, 2.05) is 21.1 Å². The van der Waals surface area contributed by atoms with Crippen LogP contribution in [0.1, 0.15) is 200 Å². The van der Waals surface area contributed by atoms with E-state index in [2.05, 4.69) is 50.3 Å². The van der Waals surface area contributed by atoms with Gasteiger partial charge in [0, 0.05) is 12.8 Å². The van der Waals surface area contributed by atoms with E-state index in [0.717, 1.165) is 51.4 Å². The first kappa shape index (κ1) is 55.5. The van der Waals surface area contributed by atoms with Gasteiger partial charge in [-0.1, -0.05) is 172 Å². The van der Waals surface area contributed by atoms with Gasteiger partial charge in [0.2, 0.25) is 0 Å². The van der Waals surface area contributed by atoms with Gasteiger partial charge in [0.25, 0.3) is 0 Å². The molecule has 0 amide bonds. The molecule has 0 aromatic carbocycles. The molecule has 9 nitrogen and oxygen atoms in total. The third-order valence-electron chi connectivity index (χ3n) is 10.1. The van der Waals surface area contributed by atoms with Crippen molar-refractivity contribution in [2.75, 3.05) is 47.5 Å². The molecule has 0 heterocycles. The molecule has 2 unspecified atom stereocenters. The molecule has 0 aliphatic heterocycles. The van der Waals surface area contributed by atoms with Crippen molar-refractivity contribution in [1.82, 2.24) is 0 Å². The van der Waals surface area contributed by atoms with Crippen LogP contribution in [-0.4, -0.2) is 82.3 Å². The summed E-state index contributed by atoms with van der Waals surface area (Å²) < 4.78 is 22.5. The number of ether oxygens (including phenoxy) is 4. The van der Waals surface area contributed by atoms with Gasteiger partial charge in [0.15, 0.2) is 12.4 Å². The van der Waals surface area contributed by atoms with Gasteiger partial charge in [-0.25, -0.2) is 0 Å². The van der Waals surface area contributed by atoms with Crippen LogP contribution in [0.25, 0.3) is 0 Å². The van der Waals surface area contributed by atoms with Crippen LogP contribution in [0.3, 0.4) is 0 Å². The number of esters is 2. The molecule has 338 valence electrons. The third-order valence-corrected chi connectivity index (χ3v) is 10.1. The first-order chi connectivity index (χ1) is 28.1. The van der Waals surface area contributed by atoms with Gasteiger partial charge < -0.3 is 33.3 Å². The number of hydrogen-bond donors (Lipinski definition) is 0. The Balaban J connectivity index is 4.23. The molecule has 9 heteroatoms. The van der Waals surface area contributed by atoms with Crippen molar-refractivity contribution in [3.63, 3.8) is 0 Å². The van der Waals surface area contributed by atoms with Crippen LogP contribution < -0.4 is 5.11 Å². The molecule has 0 aromatic rings. The summed E-state index contributed by atoms with van der Waals surface area (Å²) in [5.41, 5.74) is 0. The third kappa shape index (κ3) is 41.7. The van der Waals surface area contributed by atoms with Gasteiger partial charge in [-0.2, -0.15) is 0 Å². The highest BCUT2D eigenvalue weighted by Gasteiger charge is 2.21. The Morgan fingerprint density at radius 1 is 0.517 bits per heavy atom. The Hall–Kier alpha value is -2.49. The molecular weight excluding hydrogens is 731 g/mol. The first-order valence-electron chi connectivity index (χ1n) is 23.6. The van der Waals surface area contributed by atoms with E-state index in [1.165, 1.54) is 116 Å². The van der Waals surface area contributed by atoms with E-state index < -0.39 is 24.3 Å². The number of quaternary nitrogens is 1. The minimum Gasteiger partial charge on any atom is -0.545 e. The average Bonchev–Trinajstić information content (AvgIpc) is 3.18. The number of carboxylic acids is 1.